The van der Waals surface area contributed by atoms with Gasteiger partial charge in [0.25, 0.3) is 0 Å². The van der Waals surface area contributed by atoms with Crippen molar-refractivity contribution in [1.82, 2.24) is 19.7 Å². The molecule has 1 N–H and O–H groups in total. The van der Waals surface area contributed by atoms with Crippen LogP contribution in [-0.2, 0) is 6.54 Å². The van der Waals surface area contributed by atoms with Crippen LogP contribution in [0.15, 0.2) is 60.9 Å². The van der Waals surface area contributed by atoms with Crippen molar-refractivity contribution >= 4 is 21.8 Å². The van der Waals surface area contributed by atoms with Crippen molar-refractivity contribution in [3.63, 3.8) is 0 Å². The molecule has 5 rings (SSSR count). The van der Waals surface area contributed by atoms with E-state index in [0.717, 1.165) is 13.1 Å². The van der Waals surface area contributed by atoms with Gasteiger partial charge in [-0.15, -0.1) is 0 Å². The Morgan fingerprint density at radius 1 is 1.08 bits per heavy atom. The van der Waals surface area contributed by atoms with Gasteiger partial charge in [0.05, 0.1) is 17.8 Å². The Kier molecular flexibility index (Phi) is 3.56. The first-order chi connectivity index (χ1) is 12.4. The molecule has 0 bridgehead atoms. The molecule has 4 aromatic rings. The number of H-pyrrole nitrogens is 1. The SMILES string of the molecule is c1ccc2c(c1)cnn2C1CCCN(Cc2ccc3cc[nH]c3c2)C1. The normalized spacial score (nSPS) is 19.0. The van der Waals surface area contributed by atoms with E-state index in [1.165, 1.54) is 46.8 Å². The third kappa shape index (κ3) is 2.72. The minimum atomic E-state index is 0.461. The van der Waals surface area contributed by atoms with Crippen LogP contribution in [0.3, 0.4) is 0 Å². The molecule has 4 heteroatoms. The molecule has 0 radical (unpaired) electrons. The van der Waals surface area contributed by atoms with Crippen LogP contribution in [0.1, 0.15) is 24.4 Å². The highest BCUT2D eigenvalue weighted by Gasteiger charge is 2.23. The van der Waals surface area contributed by atoms with Crippen molar-refractivity contribution in [2.75, 3.05) is 13.1 Å². The number of para-hydroxylation sites is 1. The molecule has 0 saturated carbocycles. The van der Waals surface area contributed by atoms with Crippen molar-refractivity contribution in [2.24, 2.45) is 0 Å². The Bertz CT molecular complexity index is 1010. The molecule has 0 amide bonds. The van der Waals surface area contributed by atoms with Gasteiger partial charge in [-0.25, -0.2) is 0 Å². The van der Waals surface area contributed by atoms with E-state index < -0.39 is 0 Å². The van der Waals surface area contributed by atoms with Crippen LogP contribution >= 0.6 is 0 Å². The lowest BCUT2D eigenvalue weighted by Crippen LogP contribution is -2.36. The van der Waals surface area contributed by atoms with Crippen molar-refractivity contribution in [2.45, 2.75) is 25.4 Å². The van der Waals surface area contributed by atoms with Gasteiger partial charge in [0.15, 0.2) is 0 Å². The van der Waals surface area contributed by atoms with E-state index in [0.29, 0.717) is 6.04 Å². The van der Waals surface area contributed by atoms with Crippen LogP contribution in [0, 0.1) is 0 Å². The average molecular weight is 330 g/mol. The third-order valence-corrected chi connectivity index (χ3v) is 5.36. The van der Waals surface area contributed by atoms with Gasteiger partial charge in [0.1, 0.15) is 0 Å². The number of hydrogen-bond acceptors (Lipinski definition) is 2. The van der Waals surface area contributed by atoms with Crippen LogP contribution in [0.4, 0.5) is 0 Å². The molecule has 3 heterocycles. The lowest BCUT2D eigenvalue weighted by Gasteiger charge is -2.33. The average Bonchev–Trinajstić information content (AvgIpc) is 3.28. The highest BCUT2D eigenvalue weighted by Crippen LogP contribution is 2.26. The predicted molar refractivity (Wildman–Crippen MR) is 102 cm³/mol. The Balaban J connectivity index is 1.37. The van der Waals surface area contributed by atoms with Gasteiger partial charge in [0, 0.05) is 30.2 Å². The third-order valence-electron chi connectivity index (χ3n) is 5.36. The van der Waals surface area contributed by atoms with E-state index in [-0.39, 0.29) is 0 Å². The van der Waals surface area contributed by atoms with Gasteiger partial charge >= 0.3 is 0 Å². The highest BCUT2D eigenvalue weighted by atomic mass is 15.3. The van der Waals surface area contributed by atoms with Crippen LogP contribution in [0.25, 0.3) is 21.8 Å². The molecular formula is C21H22N4. The number of nitrogens with zero attached hydrogens (tertiary/aromatic N) is 3. The molecule has 25 heavy (non-hydrogen) atoms. The lowest BCUT2D eigenvalue weighted by molar-refractivity contribution is 0.165. The Morgan fingerprint density at radius 3 is 3.04 bits per heavy atom. The van der Waals surface area contributed by atoms with Gasteiger partial charge in [0.2, 0.25) is 0 Å². The molecule has 1 fully saturated rings. The Morgan fingerprint density at radius 2 is 2.04 bits per heavy atom. The fourth-order valence-corrected chi connectivity index (χ4v) is 4.11. The maximum absolute atomic E-state index is 4.68. The largest absolute Gasteiger partial charge is 0.361 e. The quantitative estimate of drug-likeness (QED) is 0.606. The Hall–Kier alpha value is -2.59. The standard InChI is InChI=1S/C21H22N4/c1-2-6-21-18(4-1)13-23-25(21)19-5-3-11-24(15-19)14-16-7-8-17-9-10-22-20(17)12-16/h1-2,4,6-10,12-13,19,22H,3,5,11,14-15H2. The number of piperidine rings is 1. The van der Waals surface area contributed by atoms with E-state index in [1.807, 2.05) is 12.4 Å². The second-order valence-corrected chi connectivity index (χ2v) is 7.08. The van der Waals surface area contributed by atoms with Gasteiger partial charge < -0.3 is 4.98 Å². The highest BCUT2D eigenvalue weighted by molar-refractivity contribution is 5.80. The monoisotopic (exact) mass is 330 g/mol. The topological polar surface area (TPSA) is 36.9 Å². The van der Waals surface area contributed by atoms with E-state index in [2.05, 4.69) is 68.2 Å². The zero-order chi connectivity index (χ0) is 16.6. The summed E-state index contributed by atoms with van der Waals surface area (Å²) in [6, 6.07) is 17.8. The summed E-state index contributed by atoms with van der Waals surface area (Å²) in [6.45, 7) is 3.23. The summed E-state index contributed by atoms with van der Waals surface area (Å²) in [5.41, 5.74) is 3.85. The zero-order valence-corrected chi connectivity index (χ0v) is 14.2. The Labute approximate surface area is 147 Å². The summed E-state index contributed by atoms with van der Waals surface area (Å²) < 4.78 is 2.23. The maximum Gasteiger partial charge on any atom is 0.0686 e. The summed E-state index contributed by atoms with van der Waals surface area (Å²) >= 11 is 0. The van der Waals surface area contributed by atoms with Crippen molar-refractivity contribution in [3.05, 3.63) is 66.5 Å². The first kappa shape index (κ1) is 14.7. The molecule has 1 aliphatic rings. The van der Waals surface area contributed by atoms with Gasteiger partial charge in [-0.2, -0.15) is 5.10 Å². The second-order valence-electron chi connectivity index (χ2n) is 7.08. The minimum Gasteiger partial charge on any atom is -0.361 e. The molecule has 4 nitrogen and oxygen atoms in total. The molecular weight excluding hydrogens is 308 g/mol. The lowest BCUT2D eigenvalue weighted by atomic mass is 10.0. The van der Waals surface area contributed by atoms with E-state index in [4.69, 9.17) is 0 Å². The van der Waals surface area contributed by atoms with E-state index in [9.17, 15) is 0 Å². The van der Waals surface area contributed by atoms with Crippen molar-refractivity contribution in [1.29, 1.82) is 0 Å². The van der Waals surface area contributed by atoms with Gasteiger partial charge in [-0.3, -0.25) is 9.58 Å². The summed E-state index contributed by atoms with van der Waals surface area (Å²) in [4.78, 5) is 5.88. The smallest absolute Gasteiger partial charge is 0.0686 e. The van der Waals surface area contributed by atoms with Crippen molar-refractivity contribution < 1.29 is 0 Å². The molecule has 2 aromatic heterocycles. The fraction of sp³-hybridized carbons (Fsp3) is 0.286. The minimum absolute atomic E-state index is 0.461. The number of nitrogens with one attached hydrogen (secondary N) is 1. The first-order valence-electron chi connectivity index (χ1n) is 9.07. The summed E-state index contributed by atoms with van der Waals surface area (Å²) in [6.07, 6.45) is 6.43. The van der Waals surface area contributed by atoms with Crippen molar-refractivity contribution in [3.8, 4) is 0 Å². The fourth-order valence-electron chi connectivity index (χ4n) is 4.11. The number of hydrogen-bond donors (Lipinski definition) is 1. The molecule has 1 saturated heterocycles. The first-order valence-corrected chi connectivity index (χ1v) is 9.07. The van der Waals surface area contributed by atoms with E-state index >= 15 is 0 Å². The predicted octanol–water partition coefficient (Wildman–Crippen LogP) is 4.35. The van der Waals surface area contributed by atoms with Crippen LogP contribution in [-0.4, -0.2) is 32.8 Å². The number of benzene rings is 2. The molecule has 0 aliphatic carbocycles. The summed E-state index contributed by atoms with van der Waals surface area (Å²) in [7, 11) is 0. The molecule has 2 aromatic carbocycles. The van der Waals surface area contributed by atoms with Gasteiger partial charge in [-0.05, 0) is 48.5 Å². The summed E-state index contributed by atoms with van der Waals surface area (Å²) in [5.74, 6) is 0. The summed E-state index contributed by atoms with van der Waals surface area (Å²) in [5, 5.41) is 7.19. The number of likely N-dealkylation sites (tertiary alicyclic amines) is 1. The number of rotatable bonds is 3. The van der Waals surface area contributed by atoms with Gasteiger partial charge in [-0.1, -0.05) is 30.3 Å². The molecule has 1 aliphatic heterocycles. The number of fused-ring (bicyclic) bond motifs is 2. The number of aromatic nitrogens is 3. The zero-order valence-electron chi connectivity index (χ0n) is 14.2. The molecule has 0 spiro atoms. The molecule has 1 unspecified atom stereocenters. The number of aromatic amines is 1. The van der Waals surface area contributed by atoms with Crippen LogP contribution < -0.4 is 0 Å². The molecule has 126 valence electrons. The molecule has 1 atom stereocenters. The van der Waals surface area contributed by atoms with E-state index in [1.54, 1.807) is 0 Å². The second kappa shape index (κ2) is 6.05. The van der Waals surface area contributed by atoms with Crippen LogP contribution in [0.5, 0.6) is 0 Å². The van der Waals surface area contributed by atoms with Crippen LogP contribution in [0.2, 0.25) is 0 Å². The maximum atomic E-state index is 4.68.